The molecule has 2 heterocycles. The molecule has 4 rings (SSSR count). The van der Waals surface area contributed by atoms with Crippen molar-refractivity contribution in [2.24, 2.45) is 0 Å². The van der Waals surface area contributed by atoms with Gasteiger partial charge >= 0.3 is 6.09 Å². The number of carbonyl (C=O) groups excluding carboxylic acids is 1. The van der Waals surface area contributed by atoms with Gasteiger partial charge in [-0.1, -0.05) is 36.8 Å². The van der Waals surface area contributed by atoms with E-state index in [1.165, 1.54) is 32.1 Å². The van der Waals surface area contributed by atoms with Crippen molar-refractivity contribution in [1.82, 2.24) is 15.5 Å². The van der Waals surface area contributed by atoms with E-state index in [1.807, 2.05) is 30.3 Å². The van der Waals surface area contributed by atoms with Crippen molar-refractivity contribution >= 4 is 6.09 Å². The van der Waals surface area contributed by atoms with E-state index in [4.69, 9.17) is 4.74 Å². The molecule has 5 heteroatoms. The van der Waals surface area contributed by atoms with E-state index in [0.29, 0.717) is 18.7 Å². The van der Waals surface area contributed by atoms with Crippen molar-refractivity contribution in [3.05, 3.63) is 35.9 Å². The lowest BCUT2D eigenvalue weighted by Gasteiger charge is -2.49. The highest BCUT2D eigenvalue weighted by Gasteiger charge is 2.38. The number of amides is 1. The molecule has 3 aliphatic rings. The summed E-state index contributed by atoms with van der Waals surface area (Å²) in [7, 11) is 2.30. The molecule has 2 N–H and O–H groups in total. The van der Waals surface area contributed by atoms with Gasteiger partial charge in [0.2, 0.25) is 0 Å². The highest BCUT2D eigenvalue weighted by molar-refractivity contribution is 5.67. The second kappa shape index (κ2) is 7.97. The number of rotatable bonds is 5. The molecule has 142 valence electrons. The minimum Gasteiger partial charge on any atom is -0.445 e. The first-order valence-corrected chi connectivity index (χ1v) is 10.1. The maximum absolute atomic E-state index is 11.9. The molecule has 1 saturated carbocycles. The maximum Gasteiger partial charge on any atom is 0.407 e. The van der Waals surface area contributed by atoms with E-state index in [-0.39, 0.29) is 12.1 Å². The molecule has 1 aliphatic carbocycles. The fourth-order valence-corrected chi connectivity index (χ4v) is 4.89. The third kappa shape index (κ3) is 4.21. The van der Waals surface area contributed by atoms with E-state index < -0.39 is 0 Å². The highest BCUT2D eigenvalue weighted by atomic mass is 16.5. The minimum atomic E-state index is -0.300. The summed E-state index contributed by atoms with van der Waals surface area (Å²) in [5.74, 6) is 0. The molecular formula is C21H31N3O2. The first-order chi connectivity index (χ1) is 12.7. The average molecular weight is 357 g/mol. The van der Waals surface area contributed by atoms with Crippen molar-refractivity contribution in [2.45, 2.75) is 81.8 Å². The van der Waals surface area contributed by atoms with Crippen LogP contribution in [0, 0.1) is 0 Å². The van der Waals surface area contributed by atoms with Gasteiger partial charge in [0, 0.05) is 30.2 Å². The SMILES string of the molecule is CN1C2CCCC1CC(NC1CC(NC(=O)OCc3ccccc3)C1)C2. The summed E-state index contributed by atoms with van der Waals surface area (Å²) in [6.07, 6.45) is 8.39. The molecule has 2 saturated heterocycles. The van der Waals surface area contributed by atoms with E-state index in [2.05, 4.69) is 22.6 Å². The van der Waals surface area contributed by atoms with Crippen molar-refractivity contribution in [2.75, 3.05) is 7.05 Å². The number of piperidine rings is 2. The van der Waals surface area contributed by atoms with E-state index in [0.717, 1.165) is 30.5 Å². The van der Waals surface area contributed by atoms with Gasteiger partial charge in [-0.15, -0.1) is 0 Å². The van der Waals surface area contributed by atoms with Crippen LogP contribution in [0.3, 0.4) is 0 Å². The molecule has 26 heavy (non-hydrogen) atoms. The topological polar surface area (TPSA) is 53.6 Å². The molecule has 2 bridgehead atoms. The van der Waals surface area contributed by atoms with E-state index in [9.17, 15) is 4.79 Å². The summed E-state index contributed by atoms with van der Waals surface area (Å²) in [4.78, 5) is 14.5. The lowest BCUT2D eigenvalue weighted by molar-refractivity contribution is 0.0407. The van der Waals surface area contributed by atoms with Crippen molar-refractivity contribution in [1.29, 1.82) is 0 Å². The molecule has 5 nitrogen and oxygen atoms in total. The zero-order valence-corrected chi connectivity index (χ0v) is 15.7. The second-order valence-corrected chi connectivity index (χ2v) is 8.31. The number of ether oxygens (including phenoxy) is 1. The molecule has 1 aromatic carbocycles. The monoisotopic (exact) mass is 357 g/mol. The van der Waals surface area contributed by atoms with Crippen LogP contribution in [0.25, 0.3) is 0 Å². The quantitative estimate of drug-likeness (QED) is 0.850. The number of benzene rings is 1. The molecule has 0 aromatic heterocycles. The van der Waals surface area contributed by atoms with Gasteiger partial charge in [0.25, 0.3) is 0 Å². The molecule has 0 radical (unpaired) electrons. The van der Waals surface area contributed by atoms with Crippen LogP contribution >= 0.6 is 0 Å². The summed E-state index contributed by atoms with van der Waals surface area (Å²) < 4.78 is 5.31. The Morgan fingerprint density at radius 2 is 1.69 bits per heavy atom. The Morgan fingerprint density at radius 3 is 2.38 bits per heavy atom. The normalized spacial score (nSPS) is 34.0. The van der Waals surface area contributed by atoms with Gasteiger partial charge in [-0.25, -0.2) is 4.79 Å². The van der Waals surface area contributed by atoms with Crippen LogP contribution in [0.4, 0.5) is 4.79 Å². The van der Waals surface area contributed by atoms with Crippen LogP contribution in [0.2, 0.25) is 0 Å². The summed E-state index contributed by atoms with van der Waals surface area (Å²) in [6.45, 7) is 0.333. The van der Waals surface area contributed by atoms with Crippen LogP contribution in [-0.4, -0.2) is 48.3 Å². The van der Waals surface area contributed by atoms with Crippen molar-refractivity contribution < 1.29 is 9.53 Å². The average Bonchev–Trinajstić information content (AvgIpc) is 2.60. The summed E-state index contributed by atoms with van der Waals surface area (Å²) in [6, 6.07) is 12.8. The largest absolute Gasteiger partial charge is 0.445 e. The predicted octanol–water partition coefficient (Wildman–Crippen LogP) is 3.05. The molecule has 2 aliphatic heterocycles. The van der Waals surface area contributed by atoms with Crippen LogP contribution in [-0.2, 0) is 11.3 Å². The Labute approximate surface area is 156 Å². The van der Waals surface area contributed by atoms with Gasteiger partial charge in [0.05, 0.1) is 0 Å². The Kier molecular flexibility index (Phi) is 5.46. The van der Waals surface area contributed by atoms with Gasteiger partial charge in [-0.3, -0.25) is 0 Å². The van der Waals surface area contributed by atoms with Crippen LogP contribution < -0.4 is 10.6 Å². The number of hydrogen-bond acceptors (Lipinski definition) is 4. The van der Waals surface area contributed by atoms with E-state index >= 15 is 0 Å². The lowest BCUT2D eigenvalue weighted by atomic mass is 9.80. The van der Waals surface area contributed by atoms with Gasteiger partial charge in [0.15, 0.2) is 0 Å². The zero-order chi connectivity index (χ0) is 17.9. The Hall–Kier alpha value is -1.59. The molecule has 1 amide bonds. The predicted molar refractivity (Wildman–Crippen MR) is 102 cm³/mol. The minimum absolute atomic E-state index is 0.251. The number of carbonyl (C=O) groups is 1. The summed E-state index contributed by atoms with van der Waals surface area (Å²) >= 11 is 0. The highest BCUT2D eigenvalue weighted by Crippen LogP contribution is 2.33. The fourth-order valence-electron chi connectivity index (χ4n) is 4.89. The van der Waals surface area contributed by atoms with Gasteiger partial charge < -0.3 is 20.3 Å². The second-order valence-electron chi connectivity index (χ2n) is 8.31. The van der Waals surface area contributed by atoms with Crippen LogP contribution in [0.15, 0.2) is 30.3 Å². The zero-order valence-electron chi connectivity index (χ0n) is 15.7. The molecule has 3 fully saturated rings. The fraction of sp³-hybridized carbons (Fsp3) is 0.667. The smallest absolute Gasteiger partial charge is 0.407 e. The lowest BCUT2D eigenvalue weighted by Crippen LogP contribution is -2.59. The summed E-state index contributed by atoms with van der Waals surface area (Å²) in [5.41, 5.74) is 1.02. The maximum atomic E-state index is 11.9. The number of hydrogen-bond donors (Lipinski definition) is 2. The number of fused-ring (bicyclic) bond motifs is 2. The van der Waals surface area contributed by atoms with E-state index in [1.54, 1.807) is 0 Å². The number of nitrogens with one attached hydrogen (secondary N) is 2. The molecular weight excluding hydrogens is 326 g/mol. The molecule has 1 aromatic rings. The third-order valence-electron chi connectivity index (χ3n) is 6.48. The van der Waals surface area contributed by atoms with Crippen LogP contribution in [0.1, 0.15) is 50.5 Å². The van der Waals surface area contributed by atoms with Crippen molar-refractivity contribution in [3.63, 3.8) is 0 Å². The Balaban J connectivity index is 1.14. The number of nitrogens with zero attached hydrogens (tertiary/aromatic N) is 1. The third-order valence-corrected chi connectivity index (χ3v) is 6.48. The Morgan fingerprint density at radius 1 is 1.04 bits per heavy atom. The van der Waals surface area contributed by atoms with Crippen LogP contribution in [0.5, 0.6) is 0 Å². The van der Waals surface area contributed by atoms with Gasteiger partial charge in [-0.05, 0) is 51.1 Å². The Bertz CT molecular complexity index is 589. The van der Waals surface area contributed by atoms with Crippen molar-refractivity contribution in [3.8, 4) is 0 Å². The standard InChI is InChI=1S/C21H31N3O2/c1-24-19-8-5-9-20(24)13-18(12-19)22-16-10-17(11-16)23-21(25)26-14-15-6-3-2-4-7-15/h2-4,6-7,16-20,22H,5,8-14H2,1H3,(H,23,25). The molecule has 2 unspecified atom stereocenters. The first-order valence-electron chi connectivity index (χ1n) is 10.1. The molecule has 0 spiro atoms. The first kappa shape index (κ1) is 17.8. The number of alkyl carbamates (subject to hydrolysis) is 1. The molecule has 2 atom stereocenters. The van der Waals surface area contributed by atoms with Gasteiger partial charge in [0.1, 0.15) is 6.61 Å². The van der Waals surface area contributed by atoms with Gasteiger partial charge in [-0.2, -0.15) is 0 Å². The summed E-state index contributed by atoms with van der Waals surface area (Å²) in [5, 5.41) is 6.84.